The van der Waals surface area contributed by atoms with E-state index in [1.807, 2.05) is 6.92 Å². The van der Waals surface area contributed by atoms with E-state index in [9.17, 15) is 0 Å². The minimum atomic E-state index is 0.345. The van der Waals surface area contributed by atoms with Crippen molar-refractivity contribution >= 4 is 0 Å². The lowest BCUT2D eigenvalue weighted by atomic mass is 10.1. The van der Waals surface area contributed by atoms with Gasteiger partial charge in [-0.05, 0) is 26.3 Å². The zero-order chi connectivity index (χ0) is 9.84. The molecule has 0 aliphatic carbocycles. The SMILES string of the molecule is C=C(C)N[C@H](C)c1ccc(C)cc1. The molecule has 1 rings (SSSR count). The van der Waals surface area contributed by atoms with Crippen LogP contribution >= 0.6 is 0 Å². The van der Waals surface area contributed by atoms with Crippen molar-refractivity contribution in [1.82, 2.24) is 5.32 Å². The highest BCUT2D eigenvalue weighted by Gasteiger charge is 2.02. The zero-order valence-electron chi connectivity index (χ0n) is 8.59. The Morgan fingerprint density at radius 2 is 1.85 bits per heavy atom. The van der Waals surface area contributed by atoms with Crippen LogP contribution in [0, 0.1) is 6.92 Å². The summed E-state index contributed by atoms with van der Waals surface area (Å²) >= 11 is 0. The average molecular weight is 175 g/mol. The molecular formula is C12H17N. The maximum atomic E-state index is 3.83. The average Bonchev–Trinajstić information content (AvgIpc) is 2.04. The molecule has 0 saturated carbocycles. The quantitative estimate of drug-likeness (QED) is 0.744. The molecule has 1 aromatic carbocycles. The fourth-order valence-electron chi connectivity index (χ4n) is 1.31. The highest BCUT2D eigenvalue weighted by molar-refractivity contribution is 5.24. The topological polar surface area (TPSA) is 12.0 Å². The summed E-state index contributed by atoms with van der Waals surface area (Å²) in [4.78, 5) is 0. The van der Waals surface area contributed by atoms with E-state index in [2.05, 4.69) is 50.0 Å². The maximum absolute atomic E-state index is 3.83. The second kappa shape index (κ2) is 4.13. The van der Waals surface area contributed by atoms with Gasteiger partial charge in [-0.2, -0.15) is 0 Å². The molecule has 1 aromatic rings. The van der Waals surface area contributed by atoms with Crippen molar-refractivity contribution in [1.29, 1.82) is 0 Å². The molecule has 0 unspecified atom stereocenters. The van der Waals surface area contributed by atoms with Crippen molar-refractivity contribution in [2.45, 2.75) is 26.8 Å². The van der Waals surface area contributed by atoms with E-state index in [1.54, 1.807) is 0 Å². The molecular weight excluding hydrogens is 158 g/mol. The van der Waals surface area contributed by atoms with Crippen LogP contribution in [-0.4, -0.2) is 0 Å². The Bertz CT molecular complexity index is 284. The Hall–Kier alpha value is -1.24. The first-order valence-corrected chi connectivity index (χ1v) is 4.58. The summed E-state index contributed by atoms with van der Waals surface area (Å²) in [6.45, 7) is 10.0. The van der Waals surface area contributed by atoms with Crippen molar-refractivity contribution in [3.05, 3.63) is 47.7 Å². The third kappa shape index (κ3) is 2.94. The molecule has 13 heavy (non-hydrogen) atoms. The van der Waals surface area contributed by atoms with Crippen molar-refractivity contribution in [3.63, 3.8) is 0 Å². The number of hydrogen-bond acceptors (Lipinski definition) is 1. The van der Waals surface area contributed by atoms with E-state index in [0.29, 0.717) is 6.04 Å². The van der Waals surface area contributed by atoms with Crippen LogP contribution in [0.5, 0.6) is 0 Å². The summed E-state index contributed by atoms with van der Waals surface area (Å²) in [5, 5.41) is 3.28. The Morgan fingerprint density at radius 3 is 2.31 bits per heavy atom. The van der Waals surface area contributed by atoms with Crippen LogP contribution in [-0.2, 0) is 0 Å². The molecule has 0 heterocycles. The van der Waals surface area contributed by atoms with Crippen molar-refractivity contribution < 1.29 is 0 Å². The van der Waals surface area contributed by atoms with E-state index in [4.69, 9.17) is 0 Å². The number of hydrogen-bond donors (Lipinski definition) is 1. The van der Waals surface area contributed by atoms with Gasteiger partial charge in [0, 0.05) is 11.7 Å². The lowest BCUT2D eigenvalue weighted by Gasteiger charge is -2.15. The monoisotopic (exact) mass is 175 g/mol. The number of benzene rings is 1. The Labute approximate surface area is 80.5 Å². The summed E-state index contributed by atoms with van der Waals surface area (Å²) in [6, 6.07) is 8.90. The van der Waals surface area contributed by atoms with E-state index >= 15 is 0 Å². The first-order chi connectivity index (χ1) is 6.09. The maximum Gasteiger partial charge on any atom is 0.0482 e. The number of nitrogens with one attached hydrogen (secondary N) is 1. The van der Waals surface area contributed by atoms with Crippen LogP contribution in [0.25, 0.3) is 0 Å². The minimum Gasteiger partial charge on any atom is -0.383 e. The molecule has 1 atom stereocenters. The summed E-state index contributed by atoms with van der Waals surface area (Å²) in [6.07, 6.45) is 0. The van der Waals surface area contributed by atoms with Gasteiger partial charge in [0.25, 0.3) is 0 Å². The zero-order valence-corrected chi connectivity index (χ0v) is 8.59. The highest BCUT2D eigenvalue weighted by atomic mass is 14.9. The van der Waals surface area contributed by atoms with Crippen LogP contribution in [0.3, 0.4) is 0 Å². The molecule has 0 spiro atoms. The van der Waals surface area contributed by atoms with Crippen molar-refractivity contribution in [2.24, 2.45) is 0 Å². The normalized spacial score (nSPS) is 12.2. The van der Waals surface area contributed by atoms with E-state index in [-0.39, 0.29) is 0 Å². The summed E-state index contributed by atoms with van der Waals surface area (Å²) in [7, 11) is 0. The molecule has 70 valence electrons. The third-order valence-corrected chi connectivity index (χ3v) is 2.04. The van der Waals surface area contributed by atoms with E-state index in [1.165, 1.54) is 11.1 Å². The molecule has 0 fully saturated rings. The van der Waals surface area contributed by atoms with E-state index < -0.39 is 0 Å². The summed E-state index contributed by atoms with van der Waals surface area (Å²) in [5.74, 6) is 0. The number of allylic oxidation sites excluding steroid dienone is 1. The minimum absolute atomic E-state index is 0.345. The van der Waals surface area contributed by atoms with Gasteiger partial charge in [0.15, 0.2) is 0 Å². The first-order valence-electron chi connectivity index (χ1n) is 4.58. The van der Waals surface area contributed by atoms with Gasteiger partial charge in [-0.1, -0.05) is 36.4 Å². The number of rotatable bonds is 3. The predicted molar refractivity (Wildman–Crippen MR) is 57.5 cm³/mol. The molecule has 0 bridgehead atoms. The van der Waals surface area contributed by atoms with Gasteiger partial charge < -0.3 is 5.32 Å². The molecule has 1 nitrogen and oxygen atoms in total. The second-order valence-electron chi connectivity index (χ2n) is 3.56. The van der Waals surface area contributed by atoms with Gasteiger partial charge in [-0.3, -0.25) is 0 Å². The molecule has 1 heteroatoms. The van der Waals surface area contributed by atoms with Crippen molar-refractivity contribution in [2.75, 3.05) is 0 Å². The smallest absolute Gasteiger partial charge is 0.0482 e. The molecule has 1 N–H and O–H groups in total. The Morgan fingerprint density at radius 1 is 1.31 bits per heavy atom. The van der Waals surface area contributed by atoms with Crippen LogP contribution in [0.15, 0.2) is 36.5 Å². The lowest BCUT2D eigenvalue weighted by molar-refractivity contribution is 0.656. The lowest BCUT2D eigenvalue weighted by Crippen LogP contribution is -2.15. The fraction of sp³-hybridized carbons (Fsp3) is 0.333. The molecule has 0 aromatic heterocycles. The van der Waals surface area contributed by atoms with Crippen LogP contribution in [0.4, 0.5) is 0 Å². The highest BCUT2D eigenvalue weighted by Crippen LogP contribution is 2.13. The van der Waals surface area contributed by atoms with Gasteiger partial charge in [-0.25, -0.2) is 0 Å². The van der Waals surface area contributed by atoms with Gasteiger partial charge in [-0.15, -0.1) is 0 Å². The second-order valence-corrected chi connectivity index (χ2v) is 3.56. The molecule has 0 aliphatic heterocycles. The fourth-order valence-corrected chi connectivity index (χ4v) is 1.31. The summed E-state index contributed by atoms with van der Waals surface area (Å²) < 4.78 is 0. The van der Waals surface area contributed by atoms with Gasteiger partial charge in [0.05, 0.1) is 0 Å². The van der Waals surface area contributed by atoms with Gasteiger partial charge in [0.2, 0.25) is 0 Å². The van der Waals surface area contributed by atoms with Crippen LogP contribution in [0.1, 0.15) is 31.0 Å². The van der Waals surface area contributed by atoms with Gasteiger partial charge >= 0.3 is 0 Å². The van der Waals surface area contributed by atoms with E-state index in [0.717, 1.165) is 5.70 Å². The predicted octanol–water partition coefficient (Wildman–Crippen LogP) is 3.18. The Kier molecular flexibility index (Phi) is 3.13. The first kappa shape index (κ1) is 9.85. The van der Waals surface area contributed by atoms with Gasteiger partial charge in [0.1, 0.15) is 0 Å². The number of aryl methyl sites for hydroxylation is 1. The third-order valence-electron chi connectivity index (χ3n) is 2.04. The molecule has 0 amide bonds. The van der Waals surface area contributed by atoms with Crippen LogP contribution < -0.4 is 5.32 Å². The van der Waals surface area contributed by atoms with Crippen LogP contribution in [0.2, 0.25) is 0 Å². The summed E-state index contributed by atoms with van der Waals surface area (Å²) in [5.41, 5.74) is 3.60. The Balaban J connectivity index is 2.71. The van der Waals surface area contributed by atoms with Crippen molar-refractivity contribution in [3.8, 4) is 0 Å². The standard InChI is InChI=1S/C12H17N/c1-9(2)13-11(4)12-7-5-10(3)6-8-12/h5-8,11,13H,1H2,2-4H3/t11-/m1/s1. The molecule has 0 radical (unpaired) electrons. The molecule has 0 saturated heterocycles. The largest absolute Gasteiger partial charge is 0.383 e. The molecule has 0 aliphatic rings.